The van der Waals surface area contributed by atoms with E-state index < -0.39 is 35.5 Å². The van der Waals surface area contributed by atoms with Crippen LogP contribution in [0.2, 0.25) is 0 Å². The summed E-state index contributed by atoms with van der Waals surface area (Å²) in [6.45, 7) is 0.632. The second kappa shape index (κ2) is 8.47. The van der Waals surface area contributed by atoms with Gasteiger partial charge >= 0.3 is 0 Å². The van der Waals surface area contributed by atoms with Crippen LogP contribution in [0.5, 0.6) is 0 Å². The minimum atomic E-state index is -1.07. The van der Waals surface area contributed by atoms with E-state index in [-0.39, 0.29) is 36.3 Å². The maximum absolute atomic E-state index is 14.4. The van der Waals surface area contributed by atoms with E-state index in [2.05, 4.69) is 10.6 Å². The third-order valence-electron chi connectivity index (χ3n) is 4.93. The molecule has 2 aliphatic heterocycles. The minimum absolute atomic E-state index is 0.0290. The van der Waals surface area contributed by atoms with Gasteiger partial charge in [0.15, 0.2) is 0 Å². The van der Waals surface area contributed by atoms with Crippen molar-refractivity contribution in [2.24, 2.45) is 0 Å². The molecule has 1 aromatic carbocycles. The Hall–Kier alpha value is -2.81. The molecule has 9 heteroatoms. The smallest absolute Gasteiger partial charge is 0.262 e. The average Bonchev–Trinajstić information content (AvgIpc) is 2.89. The van der Waals surface area contributed by atoms with Crippen LogP contribution in [0.4, 0.5) is 10.1 Å². The lowest BCUT2D eigenvalue weighted by Gasteiger charge is -2.27. The van der Waals surface area contributed by atoms with Crippen molar-refractivity contribution >= 4 is 29.3 Å². The van der Waals surface area contributed by atoms with Gasteiger partial charge in [0.25, 0.3) is 11.8 Å². The van der Waals surface area contributed by atoms with Gasteiger partial charge in [-0.2, -0.15) is 0 Å². The van der Waals surface area contributed by atoms with Gasteiger partial charge in [0, 0.05) is 19.6 Å². The zero-order valence-electron chi connectivity index (χ0n) is 15.3. The average molecular weight is 391 g/mol. The standard InChI is InChI=1S/C19H22FN3O5/c20-13-9-11-12(10-14(13)21-7-3-1-2-4-8-24)19(28)23(18(11)27)15-5-6-16(25)22-17(15)26/h9-10,15,21,24H,1-8H2,(H,22,25,26). The monoisotopic (exact) mass is 391 g/mol. The van der Waals surface area contributed by atoms with E-state index >= 15 is 0 Å². The molecule has 2 aliphatic rings. The summed E-state index contributed by atoms with van der Waals surface area (Å²) in [5.41, 5.74) is 0.0757. The molecule has 1 unspecified atom stereocenters. The van der Waals surface area contributed by atoms with Gasteiger partial charge in [-0.15, -0.1) is 0 Å². The number of imide groups is 2. The van der Waals surface area contributed by atoms with Gasteiger partial charge in [0.1, 0.15) is 11.9 Å². The van der Waals surface area contributed by atoms with Crippen LogP contribution < -0.4 is 10.6 Å². The molecule has 3 N–H and O–H groups in total. The number of nitrogens with zero attached hydrogens (tertiary/aromatic N) is 1. The Morgan fingerprint density at radius 2 is 1.75 bits per heavy atom. The molecule has 3 rings (SSSR count). The number of rotatable bonds is 8. The van der Waals surface area contributed by atoms with Crippen molar-refractivity contribution in [2.75, 3.05) is 18.5 Å². The Balaban J connectivity index is 1.72. The molecule has 2 heterocycles. The molecular formula is C19H22FN3O5. The van der Waals surface area contributed by atoms with E-state index in [1.54, 1.807) is 0 Å². The van der Waals surface area contributed by atoms with Crippen LogP contribution in [-0.2, 0) is 9.59 Å². The van der Waals surface area contributed by atoms with Crippen molar-refractivity contribution in [1.82, 2.24) is 10.2 Å². The molecule has 0 radical (unpaired) electrons. The van der Waals surface area contributed by atoms with Crippen molar-refractivity contribution in [3.8, 4) is 0 Å². The van der Waals surface area contributed by atoms with E-state index in [0.717, 1.165) is 36.6 Å². The van der Waals surface area contributed by atoms with Crippen molar-refractivity contribution in [2.45, 2.75) is 44.6 Å². The highest BCUT2D eigenvalue weighted by Gasteiger charge is 2.45. The number of aliphatic hydroxyl groups excluding tert-OH is 1. The zero-order chi connectivity index (χ0) is 20.3. The lowest BCUT2D eigenvalue weighted by Crippen LogP contribution is -2.54. The fraction of sp³-hybridized carbons (Fsp3) is 0.474. The Bertz CT molecular complexity index is 826. The summed E-state index contributed by atoms with van der Waals surface area (Å²) in [5.74, 6) is -3.20. The highest BCUT2D eigenvalue weighted by molar-refractivity contribution is 6.23. The molecule has 8 nitrogen and oxygen atoms in total. The summed E-state index contributed by atoms with van der Waals surface area (Å²) in [6.07, 6.45) is 3.32. The highest BCUT2D eigenvalue weighted by atomic mass is 19.1. The summed E-state index contributed by atoms with van der Waals surface area (Å²) in [5, 5.41) is 13.8. The molecule has 4 amide bonds. The molecule has 0 spiro atoms. The summed E-state index contributed by atoms with van der Waals surface area (Å²) in [4.78, 5) is 49.4. The topological polar surface area (TPSA) is 116 Å². The Morgan fingerprint density at radius 1 is 1.07 bits per heavy atom. The summed E-state index contributed by atoms with van der Waals surface area (Å²) >= 11 is 0. The van der Waals surface area contributed by atoms with Gasteiger partial charge in [-0.1, -0.05) is 12.8 Å². The lowest BCUT2D eigenvalue weighted by atomic mass is 10.0. The van der Waals surface area contributed by atoms with Crippen molar-refractivity contribution in [1.29, 1.82) is 0 Å². The van der Waals surface area contributed by atoms with E-state index in [1.165, 1.54) is 6.07 Å². The molecule has 0 bridgehead atoms. The van der Waals surface area contributed by atoms with Gasteiger partial charge in [-0.05, 0) is 31.4 Å². The number of hydrogen-bond acceptors (Lipinski definition) is 6. The van der Waals surface area contributed by atoms with Crippen LogP contribution in [0.15, 0.2) is 12.1 Å². The van der Waals surface area contributed by atoms with Crippen LogP contribution in [0.25, 0.3) is 0 Å². The van der Waals surface area contributed by atoms with Crippen molar-refractivity contribution in [3.63, 3.8) is 0 Å². The third-order valence-corrected chi connectivity index (χ3v) is 4.93. The summed E-state index contributed by atoms with van der Waals surface area (Å²) in [6, 6.07) is 1.23. The number of aliphatic hydroxyl groups is 1. The van der Waals surface area contributed by atoms with Gasteiger partial charge in [0.05, 0.1) is 16.8 Å². The Kier molecular flexibility index (Phi) is 6.03. The third kappa shape index (κ3) is 3.89. The first kappa shape index (κ1) is 19.9. The van der Waals surface area contributed by atoms with Gasteiger partial charge < -0.3 is 10.4 Å². The quantitative estimate of drug-likeness (QED) is 0.453. The number of anilines is 1. The van der Waals surface area contributed by atoms with Crippen molar-refractivity contribution < 1.29 is 28.7 Å². The minimum Gasteiger partial charge on any atom is -0.396 e. The number of unbranched alkanes of at least 4 members (excludes halogenated alkanes) is 3. The van der Waals surface area contributed by atoms with E-state index in [1.807, 2.05) is 0 Å². The largest absolute Gasteiger partial charge is 0.396 e. The molecular weight excluding hydrogens is 369 g/mol. The number of carbonyl (C=O) groups excluding carboxylic acids is 4. The van der Waals surface area contributed by atoms with Gasteiger partial charge in [-0.3, -0.25) is 29.4 Å². The lowest BCUT2D eigenvalue weighted by molar-refractivity contribution is -0.136. The fourth-order valence-corrected chi connectivity index (χ4v) is 3.44. The number of benzene rings is 1. The maximum atomic E-state index is 14.4. The normalized spacial score (nSPS) is 19.1. The number of amides is 4. The first-order chi connectivity index (χ1) is 13.4. The van der Waals surface area contributed by atoms with Crippen LogP contribution >= 0.6 is 0 Å². The second-order valence-electron chi connectivity index (χ2n) is 6.89. The number of halogens is 1. The molecule has 1 aromatic rings. The van der Waals surface area contributed by atoms with Crippen molar-refractivity contribution in [3.05, 3.63) is 29.1 Å². The number of piperidine rings is 1. The Labute approximate surface area is 161 Å². The van der Waals surface area contributed by atoms with E-state index in [0.29, 0.717) is 6.54 Å². The fourth-order valence-electron chi connectivity index (χ4n) is 3.44. The highest BCUT2D eigenvalue weighted by Crippen LogP contribution is 2.31. The molecule has 1 saturated heterocycles. The molecule has 0 aromatic heterocycles. The van der Waals surface area contributed by atoms with Gasteiger partial charge in [-0.25, -0.2) is 4.39 Å². The Morgan fingerprint density at radius 3 is 2.43 bits per heavy atom. The first-order valence-corrected chi connectivity index (χ1v) is 9.34. The maximum Gasteiger partial charge on any atom is 0.262 e. The predicted octanol–water partition coefficient (Wildman–Crippen LogP) is 1.19. The number of nitrogens with one attached hydrogen (secondary N) is 2. The van der Waals surface area contributed by atoms with Gasteiger partial charge in [0.2, 0.25) is 11.8 Å². The predicted molar refractivity (Wildman–Crippen MR) is 97.1 cm³/mol. The summed E-state index contributed by atoms with van der Waals surface area (Å²) in [7, 11) is 0. The molecule has 1 fully saturated rings. The van der Waals surface area contributed by atoms with E-state index in [9.17, 15) is 23.6 Å². The van der Waals surface area contributed by atoms with Crippen LogP contribution in [0.3, 0.4) is 0 Å². The number of fused-ring (bicyclic) bond motifs is 1. The van der Waals surface area contributed by atoms with Crippen LogP contribution in [0, 0.1) is 5.82 Å². The molecule has 0 saturated carbocycles. The molecule has 28 heavy (non-hydrogen) atoms. The van der Waals surface area contributed by atoms with E-state index in [4.69, 9.17) is 5.11 Å². The molecule has 0 aliphatic carbocycles. The second-order valence-corrected chi connectivity index (χ2v) is 6.89. The number of hydrogen-bond donors (Lipinski definition) is 3. The molecule has 1 atom stereocenters. The SMILES string of the molecule is O=C1CCC(N2C(=O)c3cc(F)c(NCCCCCCO)cc3C2=O)C(=O)N1. The molecule has 150 valence electrons. The van der Waals surface area contributed by atoms with Crippen LogP contribution in [-0.4, -0.2) is 52.8 Å². The van der Waals surface area contributed by atoms with Crippen LogP contribution in [0.1, 0.15) is 59.2 Å². The first-order valence-electron chi connectivity index (χ1n) is 9.34. The number of carbonyl (C=O) groups is 4. The zero-order valence-corrected chi connectivity index (χ0v) is 15.3. The summed E-state index contributed by atoms with van der Waals surface area (Å²) < 4.78 is 14.4.